The number of alkyl halides is 1. The van der Waals surface area contributed by atoms with Gasteiger partial charge in [0.25, 0.3) is 5.91 Å². The molecule has 110 valence electrons. The van der Waals surface area contributed by atoms with Crippen molar-refractivity contribution < 1.29 is 9.18 Å². The van der Waals surface area contributed by atoms with Crippen molar-refractivity contribution in [2.45, 2.75) is 6.54 Å². The zero-order chi connectivity index (χ0) is 15.2. The second kappa shape index (κ2) is 7.43. The van der Waals surface area contributed by atoms with Crippen molar-refractivity contribution in [3.63, 3.8) is 0 Å². The Kier molecular flexibility index (Phi) is 5.59. The van der Waals surface area contributed by atoms with E-state index in [1.807, 2.05) is 30.3 Å². The highest BCUT2D eigenvalue weighted by Crippen LogP contribution is 2.21. The van der Waals surface area contributed by atoms with Gasteiger partial charge in [-0.15, -0.1) is 11.6 Å². The van der Waals surface area contributed by atoms with Crippen LogP contribution in [0, 0.1) is 5.82 Å². The van der Waals surface area contributed by atoms with Crippen LogP contribution in [0.4, 0.5) is 4.39 Å². The fourth-order valence-corrected chi connectivity index (χ4v) is 2.47. The summed E-state index contributed by atoms with van der Waals surface area (Å²) in [6.07, 6.45) is 0. The van der Waals surface area contributed by atoms with Crippen molar-refractivity contribution in [2.24, 2.45) is 0 Å². The number of halogens is 3. The molecule has 0 bridgehead atoms. The van der Waals surface area contributed by atoms with E-state index in [0.29, 0.717) is 13.1 Å². The maximum Gasteiger partial charge on any atom is 0.258 e. The fraction of sp³-hybridized carbons (Fsp3) is 0.188. The maximum atomic E-state index is 13.9. The predicted octanol–water partition coefficient (Wildman–Crippen LogP) is 4.36. The Balaban J connectivity index is 2.27. The summed E-state index contributed by atoms with van der Waals surface area (Å²) in [5.41, 5.74) is 0.837. The summed E-state index contributed by atoms with van der Waals surface area (Å²) in [5.74, 6) is -0.812. The minimum Gasteiger partial charge on any atom is -0.333 e. The number of carbonyl (C=O) groups is 1. The first kappa shape index (κ1) is 15.8. The zero-order valence-corrected chi connectivity index (χ0v) is 12.7. The van der Waals surface area contributed by atoms with E-state index < -0.39 is 11.7 Å². The van der Waals surface area contributed by atoms with Crippen LogP contribution in [0.15, 0.2) is 48.5 Å². The Morgan fingerprint density at radius 3 is 2.43 bits per heavy atom. The van der Waals surface area contributed by atoms with Gasteiger partial charge in [-0.25, -0.2) is 4.39 Å². The van der Waals surface area contributed by atoms with E-state index in [9.17, 15) is 9.18 Å². The number of rotatable bonds is 5. The molecule has 0 saturated carbocycles. The number of hydrogen-bond donors (Lipinski definition) is 0. The van der Waals surface area contributed by atoms with Gasteiger partial charge in [0.2, 0.25) is 0 Å². The molecule has 21 heavy (non-hydrogen) atoms. The average Bonchev–Trinajstić information content (AvgIpc) is 2.47. The van der Waals surface area contributed by atoms with Crippen molar-refractivity contribution in [1.29, 1.82) is 0 Å². The van der Waals surface area contributed by atoms with Crippen molar-refractivity contribution >= 4 is 29.1 Å². The average molecular weight is 326 g/mol. The largest absolute Gasteiger partial charge is 0.333 e. The van der Waals surface area contributed by atoms with Crippen LogP contribution in [0.3, 0.4) is 0 Å². The lowest BCUT2D eigenvalue weighted by atomic mass is 10.1. The molecule has 0 N–H and O–H groups in total. The minimum absolute atomic E-state index is 0.104. The van der Waals surface area contributed by atoms with Crippen LogP contribution in [0.25, 0.3) is 0 Å². The summed E-state index contributed by atoms with van der Waals surface area (Å²) < 4.78 is 13.9. The highest BCUT2D eigenvalue weighted by Gasteiger charge is 2.21. The van der Waals surface area contributed by atoms with Gasteiger partial charge in [-0.3, -0.25) is 4.79 Å². The van der Waals surface area contributed by atoms with Crippen LogP contribution in [-0.4, -0.2) is 23.2 Å². The normalized spacial score (nSPS) is 10.4. The summed E-state index contributed by atoms with van der Waals surface area (Å²) >= 11 is 11.7. The van der Waals surface area contributed by atoms with Gasteiger partial charge in [0.1, 0.15) is 5.82 Å². The molecule has 0 atom stereocenters. The topological polar surface area (TPSA) is 20.3 Å². The molecular formula is C16H14Cl2FNO. The van der Waals surface area contributed by atoms with Gasteiger partial charge in [0.15, 0.2) is 0 Å². The molecule has 0 fully saturated rings. The maximum absolute atomic E-state index is 13.9. The molecule has 0 heterocycles. The third-order valence-electron chi connectivity index (χ3n) is 3.03. The Bertz CT molecular complexity index is 599. The second-order valence-electron chi connectivity index (χ2n) is 4.50. The molecule has 0 unspecified atom stereocenters. The highest BCUT2D eigenvalue weighted by molar-refractivity contribution is 6.33. The van der Waals surface area contributed by atoms with E-state index >= 15 is 0 Å². The quantitative estimate of drug-likeness (QED) is 0.748. The molecular weight excluding hydrogens is 312 g/mol. The standard InChI is InChI=1S/C16H14Cl2FNO/c17-9-10-20(11-12-5-2-1-3-6-12)16(21)15-13(18)7-4-8-14(15)19/h1-8H,9-11H2. The van der Waals surface area contributed by atoms with Crippen LogP contribution in [0.1, 0.15) is 15.9 Å². The van der Waals surface area contributed by atoms with E-state index in [-0.39, 0.29) is 16.5 Å². The molecule has 5 heteroatoms. The van der Waals surface area contributed by atoms with E-state index in [2.05, 4.69) is 0 Å². The smallest absolute Gasteiger partial charge is 0.258 e. The van der Waals surface area contributed by atoms with Gasteiger partial charge in [0, 0.05) is 19.0 Å². The Morgan fingerprint density at radius 1 is 1.10 bits per heavy atom. The highest BCUT2D eigenvalue weighted by atomic mass is 35.5. The van der Waals surface area contributed by atoms with Gasteiger partial charge >= 0.3 is 0 Å². The number of nitrogens with zero attached hydrogens (tertiary/aromatic N) is 1. The summed E-state index contributed by atoms with van der Waals surface area (Å²) in [7, 11) is 0. The van der Waals surface area contributed by atoms with Gasteiger partial charge in [-0.1, -0.05) is 48.0 Å². The minimum atomic E-state index is -0.625. The predicted molar refractivity (Wildman–Crippen MR) is 83.3 cm³/mol. The van der Waals surface area contributed by atoms with Gasteiger partial charge < -0.3 is 4.90 Å². The molecule has 0 aliphatic heterocycles. The number of amides is 1. The third-order valence-corrected chi connectivity index (χ3v) is 3.52. The van der Waals surface area contributed by atoms with Crippen molar-refractivity contribution in [1.82, 2.24) is 4.90 Å². The zero-order valence-electron chi connectivity index (χ0n) is 11.2. The lowest BCUT2D eigenvalue weighted by Crippen LogP contribution is -2.33. The van der Waals surface area contributed by atoms with Gasteiger partial charge in [-0.2, -0.15) is 0 Å². The van der Waals surface area contributed by atoms with E-state index in [0.717, 1.165) is 5.56 Å². The van der Waals surface area contributed by atoms with Gasteiger partial charge in [-0.05, 0) is 17.7 Å². The van der Waals surface area contributed by atoms with Crippen LogP contribution in [-0.2, 0) is 6.54 Å². The van der Waals surface area contributed by atoms with Crippen LogP contribution in [0.5, 0.6) is 0 Å². The van der Waals surface area contributed by atoms with Crippen molar-refractivity contribution in [2.75, 3.05) is 12.4 Å². The first-order chi connectivity index (χ1) is 10.1. The summed E-state index contributed by atoms with van der Waals surface area (Å²) in [4.78, 5) is 14.0. The molecule has 2 rings (SSSR count). The van der Waals surface area contributed by atoms with Crippen LogP contribution >= 0.6 is 23.2 Å². The third kappa shape index (κ3) is 3.96. The molecule has 0 aromatic heterocycles. The lowest BCUT2D eigenvalue weighted by molar-refractivity contribution is 0.0749. The van der Waals surface area contributed by atoms with Gasteiger partial charge in [0.05, 0.1) is 10.6 Å². The lowest BCUT2D eigenvalue weighted by Gasteiger charge is -2.22. The van der Waals surface area contributed by atoms with Crippen molar-refractivity contribution in [3.05, 3.63) is 70.5 Å². The fourth-order valence-electron chi connectivity index (χ4n) is 2.02. The van der Waals surface area contributed by atoms with Crippen LogP contribution < -0.4 is 0 Å². The summed E-state index contributed by atoms with van der Waals surface area (Å²) in [6, 6.07) is 13.7. The first-order valence-corrected chi connectivity index (χ1v) is 7.38. The molecule has 2 aromatic carbocycles. The molecule has 0 aliphatic carbocycles. The molecule has 2 aromatic rings. The molecule has 0 saturated heterocycles. The molecule has 0 spiro atoms. The van der Waals surface area contributed by atoms with E-state index in [1.54, 1.807) is 0 Å². The Morgan fingerprint density at radius 2 is 1.81 bits per heavy atom. The summed E-state index contributed by atoms with van der Waals surface area (Å²) in [5, 5.41) is 0.104. The van der Waals surface area contributed by atoms with E-state index in [4.69, 9.17) is 23.2 Å². The van der Waals surface area contributed by atoms with Crippen LogP contribution in [0.2, 0.25) is 5.02 Å². The molecule has 1 amide bonds. The number of benzene rings is 2. The monoisotopic (exact) mass is 325 g/mol. The molecule has 2 nitrogen and oxygen atoms in total. The van der Waals surface area contributed by atoms with E-state index in [1.165, 1.54) is 23.1 Å². The summed E-state index contributed by atoms with van der Waals surface area (Å²) in [6.45, 7) is 0.678. The Hall–Kier alpha value is -1.58. The first-order valence-electron chi connectivity index (χ1n) is 6.46. The Labute approximate surface area is 133 Å². The molecule has 0 aliphatic rings. The SMILES string of the molecule is O=C(c1c(F)cccc1Cl)N(CCCl)Cc1ccccc1. The molecule has 0 radical (unpaired) electrons. The number of hydrogen-bond acceptors (Lipinski definition) is 1. The second-order valence-corrected chi connectivity index (χ2v) is 5.28. The van der Waals surface area contributed by atoms with Crippen molar-refractivity contribution in [3.8, 4) is 0 Å². The number of carbonyl (C=O) groups excluding carboxylic acids is 1.